The highest BCUT2D eigenvalue weighted by molar-refractivity contribution is 5.73. The van der Waals surface area contributed by atoms with Crippen LogP contribution >= 0.6 is 0 Å². The molecule has 17 heavy (non-hydrogen) atoms. The molecule has 0 aliphatic heterocycles. The van der Waals surface area contributed by atoms with Gasteiger partial charge in [-0.15, -0.1) is 0 Å². The summed E-state index contributed by atoms with van der Waals surface area (Å²) in [5, 5.41) is 14.8. The maximum atomic E-state index is 11.1. The van der Waals surface area contributed by atoms with Crippen LogP contribution in [0.25, 0.3) is 0 Å². The van der Waals surface area contributed by atoms with Gasteiger partial charge in [0.05, 0.1) is 12.7 Å². The smallest absolute Gasteiger partial charge is 0.338 e. The van der Waals surface area contributed by atoms with Gasteiger partial charge in [0.15, 0.2) is 6.61 Å². The van der Waals surface area contributed by atoms with Crippen molar-refractivity contribution in [2.45, 2.75) is 13.5 Å². The molecule has 0 radical (unpaired) electrons. The molecule has 0 aromatic carbocycles. The molecule has 0 unspecified atom stereocenters. The Morgan fingerprint density at radius 3 is 2.94 bits per heavy atom. The van der Waals surface area contributed by atoms with E-state index in [0.29, 0.717) is 13.1 Å². The maximum absolute atomic E-state index is 11.1. The number of carbonyl (C=O) groups is 2. The van der Waals surface area contributed by atoms with Crippen LogP contribution in [0, 0.1) is 6.92 Å². The minimum atomic E-state index is -1.16. The lowest BCUT2D eigenvalue weighted by molar-refractivity contribution is -0.144. The number of aryl methyl sites for hydroxylation is 1. The first kappa shape index (κ1) is 13.0. The van der Waals surface area contributed by atoms with Gasteiger partial charge in [0.25, 0.3) is 0 Å². The van der Waals surface area contributed by atoms with Crippen LogP contribution in [0.3, 0.4) is 0 Å². The topological polar surface area (TPSA) is 105 Å². The second kappa shape index (κ2) is 6.48. The molecule has 1 heterocycles. The van der Waals surface area contributed by atoms with Gasteiger partial charge in [0.1, 0.15) is 0 Å². The van der Waals surface area contributed by atoms with E-state index < -0.39 is 18.6 Å². The number of aliphatic carboxylic acids is 1. The quantitative estimate of drug-likeness (QED) is 0.583. The highest BCUT2D eigenvalue weighted by Gasteiger charge is 2.02. The summed E-state index contributed by atoms with van der Waals surface area (Å²) in [6, 6.07) is -0.588. The molecule has 0 spiro atoms. The van der Waals surface area contributed by atoms with Crippen molar-refractivity contribution in [2.24, 2.45) is 0 Å². The van der Waals surface area contributed by atoms with Crippen molar-refractivity contribution in [3.63, 3.8) is 0 Å². The Hall–Kier alpha value is -2.09. The third-order valence-corrected chi connectivity index (χ3v) is 1.75. The van der Waals surface area contributed by atoms with Crippen LogP contribution in [0.5, 0.6) is 0 Å². The Bertz CT molecular complexity index is 390. The molecule has 3 N–H and O–H groups in total. The van der Waals surface area contributed by atoms with Gasteiger partial charge >= 0.3 is 12.0 Å². The number of hydroxylamine groups is 1. The molecule has 0 fully saturated rings. The summed E-state index contributed by atoms with van der Waals surface area (Å²) in [5.74, 6) is -1.16. The molecule has 94 valence electrons. The van der Waals surface area contributed by atoms with E-state index >= 15 is 0 Å². The van der Waals surface area contributed by atoms with Crippen LogP contribution in [-0.4, -0.2) is 40.0 Å². The second-order valence-electron chi connectivity index (χ2n) is 3.32. The number of rotatable bonds is 6. The number of carboxylic acid groups (broad SMARTS) is 1. The fourth-order valence-electron chi connectivity index (χ4n) is 1.07. The minimum absolute atomic E-state index is 0.364. The number of amides is 2. The summed E-state index contributed by atoms with van der Waals surface area (Å²) in [6.07, 6.45) is 3.57. The lowest BCUT2D eigenvalue weighted by Gasteiger charge is -2.06. The van der Waals surface area contributed by atoms with Crippen LogP contribution < -0.4 is 10.8 Å². The summed E-state index contributed by atoms with van der Waals surface area (Å²) in [7, 11) is 0. The molecule has 8 heteroatoms. The predicted molar refractivity (Wildman–Crippen MR) is 57.1 cm³/mol. The van der Waals surface area contributed by atoms with Gasteiger partial charge in [-0.1, -0.05) is 0 Å². The Balaban J connectivity index is 2.10. The van der Waals surface area contributed by atoms with E-state index in [9.17, 15) is 9.59 Å². The minimum Gasteiger partial charge on any atom is -0.479 e. The maximum Gasteiger partial charge on any atom is 0.338 e. The molecule has 1 rings (SSSR count). The second-order valence-corrected chi connectivity index (χ2v) is 3.32. The van der Waals surface area contributed by atoms with E-state index in [1.165, 1.54) is 0 Å². The molecule has 0 aliphatic carbocycles. The summed E-state index contributed by atoms with van der Waals surface area (Å²) >= 11 is 0. The normalized spacial score (nSPS) is 9.94. The molecule has 1 aromatic heterocycles. The summed E-state index contributed by atoms with van der Waals surface area (Å²) < 4.78 is 1.69. The molecular formula is C9H14N4O4. The summed E-state index contributed by atoms with van der Waals surface area (Å²) in [6.45, 7) is 2.23. The Morgan fingerprint density at radius 2 is 2.35 bits per heavy atom. The zero-order valence-corrected chi connectivity index (χ0v) is 9.34. The zero-order valence-electron chi connectivity index (χ0n) is 9.34. The van der Waals surface area contributed by atoms with Crippen LogP contribution in [0.2, 0.25) is 0 Å². The Labute approximate surface area is 97.5 Å². The highest BCUT2D eigenvalue weighted by atomic mass is 16.7. The lowest BCUT2D eigenvalue weighted by Crippen LogP contribution is -2.38. The first-order valence-corrected chi connectivity index (χ1v) is 4.94. The van der Waals surface area contributed by atoms with Crippen molar-refractivity contribution in [1.29, 1.82) is 0 Å². The number of nitrogens with one attached hydrogen (secondary N) is 2. The summed E-state index contributed by atoms with van der Waals surface area (Å²) in [4.78, 5) is 25.5. The number of hydrogen-bond donors (Lipinski definition) is 3. The van der Waals surface area contributed by atoms with Crippen molar-refractivity contribution in [3.8, 4) is 0 Å². The van der Waals surface area contributed by atoms with Crippen LogP contribution in [0.4, 0.5) is 4.79 Å². The van der Waals surface area contributed by atoms with E-state index in [2.05, 4.69) is 15.3 Å². The third kappa shape index (κ3) is 5.52. The van der Waals surface area contributed by atoms with Gasteiger partial charge in [-0.05, 0) is 12.5 Å². The third-order valence-electron chi connectivity index (χ3n) is 1.75. The number of aromatic nitrogens is 2. The molecule has 0 aliphatic rings. The first-order chi connectivity index (χ1) is 8.08. The van der Waals surface area contributed by atoms with Crippen LogP contribution in [0.1, 0.15) is 5.56 Å². The molecule has 1 aromatic rings. The zero-order chi connectivity index (χ0) is 12.7. The van der Waals surface area contributed by atoms with Gasteiger partial charge in [-0.3, -0.25) is 9.52 Å². The Morgan fingerprint density at radius 1 is 1.59 bits per heavy atom. The standard InChI is InChI=1S/C9H14N4O4/c1-7-4-11-13(5-7)3-2-10-9(16)12-17-6-8(14)15/h4-5H,2-3,6H2,1H3,(H,14,15)(H2,10,12,16). The van der Waals surface area contributed by atoms with Gasteiger partial charge in [-0.2, -0.15) is 5.10 Å². The number of urea groups is 1. The average Bonchev–Trinajstić information content (AvgIpc) is 2.63. The van der Waals surface area contributed by atoms with E-state index in [1.54, 1.807) is 10.9 Å². The lowest BCUT2D eigenvalue weighted by atomic mass is 10.4. The van der Waals surface area contributed by atoms with Crippen molar-refractivity contribution in [3.05, 3.63) is 18.0 Å². The highest BCUT2D eigenvalue weighted by Crippen LogP contribution is 1.92. The van der Waals surface area contributed by atoms with E-state index in [1.807, 2.05) is 18.6 Å². The first-order valence-electron chi connectivity index (χ1n) is 4.94. The predicted octanol–water partition coefficient (Wildman–Crippen LogP) is -0.493. The molecular weight excluding hydrogens is 228 g/mol. The van der Waals surface area contributed by atoms with Crippen molar-refractivity contribution < 1.29 is 19.5 Å². The number of hydrogen-bond acceptors (Lipinski definition) is 4. The molecule has 8 nitrogen and oxygen atoms in total. The SMILES string of the molecule is Cc1cnn(CCNC(=O)NOCC(=O)O)c1. The molecule has 0 bridgehead atoms. The molecule has 0 atom stereocenters. The van der Waals surface area contributed by atoms with Gasteiger partial charge in [0, 0.05) is 12.7 Å². The fraction of sp³-hybridized carbons (Fsp3) is 0.444. The number of nitrogens with zero attached hydrogens (tertiary/aromatic N) is 2. The summed E-state index contributed by atoms with van der Waals surface area (Å²) in [5.41, 5.74) is 2.99. The van der Waals surface area contributed by atoms with E-state index in [-0.39, 0.29) is 0 Å². The van der Waals surface area contributed by atoms with E-state index in [0.717, 1.165) is 5.56 Å². The van der Waals surface area contributed by atoms with Crippen molar-refractivity contribution >= 4 is 12.0 Å². The van der Waals surface area contributed by atoms with Gasteiger partial charge in [0.2, 0.25) is 0 Å². The monoisotopic (exact) mass is 242 g/mol. The van der Waals surface area contributed by atoms with E-state index in [4.69, 9.17) is 5.11 Å². The average molecular weight is 242 g/mol. The van der Waals surface area contributed by atoms with Gasteiger partial charge < -0.3 is 10.4 Å². The Kier molecular flexibility index (Phi) is 4.95. The molecule has 0 saturated heterocycles. The van der Waals surface area contributed by atoms with Crippen molar-refractivity contribution in [2.75, 3.05) is 13.2 Å². The molecule has 2 amide bonds. The van der Waals surface area contributed by atoms with Crippen molar-refractivity contribution in [1.82, 2.24) is 20.6 Å². The van der Waals surface area contributed by atoms with Gasteiger partial charge in [-0.25, -0.2) is 15.1 Å². The van der Waals surface area contributed by atoms with Crippen LogP contribution in [-0.2, 0) is 16.2 Å². The molecule has 0 saturated carbocycles. The largest absolute Gasteiger partial charge is 0.479 e. The van der Waals surface area contributed by atoms with Crippen LogP contribution in [0.15, 0.2) is 12.4 Å². The fourth-order valence-corrected chi connectivity index (χ4v) is 1.07. The number of carbonyl (C=O) groups excluding carboxylic acids is 1. The number of carboxylic acids is 1.